The minimum Gasteiger partial charge on any atom is -0.481 e. The Kier molecular flexibility index (Phi) is 5.87. The van der Waals surface area contributed by atoms with E-state index in [1.54, 1.807) is 0 Å². The number of carbonyl (C=O) groups excluding carboxylic acids is 1. The van der Waals surface area contributed by atoms with E-state index in [1.807, 2.05) is 0 Å². The van der Waals surface area contributed by atoms with Gasteiger partial charge in [-0.3, -0.25) is 4.79 Å². The lowest BCUT2D eigenvalue weighted by atomic mass is 9.99. The van der Waals surface area contributed by atoms with Crippen molar-refractivity contribution in [1.29, 1.82) is 0 Å². The Balaban J connectivity index is 2.60. The Morgan fingerprint density at radius 1 is 1.22 bits per heavy atom. The number of carboxylic acids is 1. The molecule has 104 valence electrons. The first-order valence-electron chi connectivity index (χ1n) is 6.08. The molecule has 1 rings (SSSR count). The predicted octanol–water partition coefficient (Wildman–Crippen LogP) is -0.810. The number of aliphatic hydroxyl groups excluding tert-OH is 2. The summed E-state index contributed by atoms with van der Waals surface area (Å²) in [5.74, 6) is -1.41. The van der Waals surface area contributed by atoms with Gasteiger partial charge in [-0.15, -0.1) is 0 Å². The first-order chi connectivity index (χ1) is 8.60. The van der Waals surface area contributed by atoms with Crippen LogP contribution in [0.4, 0.5) is 4.79 Å². The van der Waals surface area contributed by atoms with Gasteiger partial charge >= 0.3 is 12.0 Å². The SMILES string of the molecule is O=C(O)C1CCCN(C(=O)N(CCO)CCO)C1. The highest BCUT2D eigenvalue weighted by molar-refractivity contribution is 5.76. The number of rotatable bonds is 5. The average molecular weight is 260 g/mol. The number of carbonyl (C=O) groups is 2. The maximum atomic E-state index is 12.1. The molecule has 0 aromatic carbocycles. The van der Waals surface area contributed by atoms with Gasteiger partial charge in [0.1, 0.15) is 0 Å². The second-order valence-corrected chi connectivity index (χ2v) is 4.34. The van der Waals surface area contributed by atoms with Crippen molar-refractivity contribution in [3.8, 4) is 0 Å². The molecule has 1 atom stereocenters. The maximum absolute atomic E-state index is 12.1. The third kappa shape index (κ3) is 3.85. The Hall–Kier alpha value is -1.34. The number of urea groups is 1. The normalized spacial score (nSPS) is 19.7. The number of amides is 2. The molecule has 1 unspecified atom stereocenters. The zero-order valence-corrected chi connectivity index (χ0v) is 10.3. The van der Waals surface area contributed by atoms with Crippen LogP contribution in [-0.4, -0.2) is 76.5 Å². The molecule has 0 saturated carbocycles. The molecular formula is C11H20N2O5. The summed E-state index contributed by atoms with van der Waals surface area (Å²) in [5.41, 5.74) is 0. The van der Waals surface area contributed by atoms with Crippen LogP contribution >= 0.6 is 0 Å². The zero-order valence-electron chi connectivity index (χ0n) is 10.3. The highest BCUT2D eigenvalue weighted by atomic mass is 16.4. The van der Waals surface area contributed by atoms with Gasteiger partial charge in [0.05, 0.1) is 19.1 Å². The molecule has 1 aliphatic rings. The molecule has 1 fully saturated rings. The number of likely N-dealkylation sites (tertiary alicyclic amines) is 1. The summed E-state index contributed by atoms with van der Waals surface area (Å²) in [6.45, 7) is 0.655. The largest absolute Gasteiger partial charge is 0.481 e. The first-order valence-corrected chi connectivity index (χ1v) is 6.08. The summed E-state index contributed by atoms with van der Waals surface area (Å²) in [5, 5.41) is 26.7. The lowest BCUT2D eigenvalue weighted by Crippen LogP contribution is -2.50. The second kappa shape index (κ2) is 7.17. The van der Waals surface area contributed by atoms with E-state index < -0.39 is 11.9 Å². The Bertz CT molecular complexity index is 291. The van der Waals surface area contributed by atoms with Gasteiger partial charge in [0.2, 0.25) is 0 Å². The van der Waals surface area contributed by atoms with Gasteiger partial charge in [-0.25, -0.2) is 4.79 Å². The fraction of sp³-hybridized carbons (Fsp3) is 0.818. The van der Waals surface area contributed by atoms with E-state index in [-0.39, 0.29) is 38.9 Å². The van der Waals surface area contributed by atoms with Crippen molar-refractivity contribution in [2.75, 3.05) is 39.4 Å². The fourth-order valence-corrected chi connectivity index (χ4v) is 2.10. The van der Waals surface area contributed by atoms with Crippen LogP contribution in [0.5, 0.6) is 0 Å². The third-order valence-electron chi connectivity index (χ3n) is 3.05. The topological polar surface area (TPSA) is 101 Å². The van der Waals surface area contributed by atoms with Crippen LogP contribution in [0.15, 0.2) is 0 Å². The van der Waals surface area contributed by atoms with Gasteiger partial charge in [-0.1, -0.05) is 0 Å². The van der Waals surface area contributed by atoms with Crippen molar-refractivity contribution in [3.05, 3.63) is 0 Å². The van der Waals surface area contributed by atoms with E-state index in [0.29, 0.717) is 19.4 Å². The van der Waals surface area contributed by atoms with Gasteiger partial charge < -0.3 is 25.1 Å². The van der Waals surface area contributed by atoms with Gasteiger partial charge in [0.25, 0.3) is 0 Å². The molecule has 0 radical (unpaired) electrons. The number of carboxylic acid groups (broad SMARTS) is 1. The number of aliphatic carboxylic acids is 1. The van der Waals surface area contributed by atoms with Crippen molar-refractivity contribution < 1.29 is 24.9 Å². The minimum absolute atomic E-state index is 0.146. The predicted molar refractivity (Wildman–Crippen MR) is 63.1 cm³/mol. The van der Waals surface area contributed by atoms with E-state index in [9.17, 15) is 9.59 Å². The Morgan fingerprint density at radius 2 is 1.83 bits per heavy atom. The van der Waals surface area contributed by atoms with Crippen LogP contribution in [0, 0.1) is 5.92 Å². The summed E-state index contributed by atoms with van der Waals surface area (Å²) >= 11 is 0. The molecule has 1 heterocycles. The lowest BCUT2D eigenvalue weighted by molar-refractivity contribution is -0.143. The van der Waals surface area contributed by atoms with Crippen LogP contribution in [-0.2, 0) is 4.79 Å². The molecule has 0 bridgehead atoms. The summed E-state index contributed by atoms with van der Waals surface area (Å²) in [6, 6.07) is -0.316. The third-order valence-corrected chi connectivity index (χ3v) is 3.05. The molecule has 18 heavy (non-hydrogen) atoms. The molecule has 0 aromatic rings. The number of hydrogen-bond donors (Lipinski definition) is 3. The van der Waals surface area contributed by atoms with Crippen molar-refractivity contribution in [3.63, 3.8) is 0 Å². The monoisotopic (exact) mass is 260 g/mol. The van der Waals surface area contributed by atoms with E-state index in [4.69, 9.17) is 15.3 Å². The molecule has 7 heteroatoms. The molecule has 7 nitrogen and oxygen atoms in total. The summed E-state index contributed by atoms with van der Waals surface area (Å²) in [7, 11) is 0. The van der Waals surface area contributed by atoms with E-state index >= 15 is 0 Å². The molecule has 2 amide bonds. The molecule has 0 aliphatic carbocycles. The van der Waals surface area contributed by atoms with Gasteiger partial charge in [0, 0.05) is 26.2 Å². The lowest BCUT2D eigenvalue weighted by Gasteiger charge is -2.34. The number of piperidine rings is 1. The maximum Gasteiger partial charge on any atom is 0.320 e. The Labute approximate surface area is 106 Å². The Morgan fingerprint density at radius 3 is 2.33 bits per heavy atom. The summed E-state index contributed by atoms with van der Waals surface area (Å²) < 4.78 is 0. The summed E-state index contributed by atoms with van der Waals surface area (Å²) in [6.07, 6.45) is 1.24. The molecule has 1 saturated heterocycles. The standard InChI is InChI=1S/C11H20N2O5/c14-6-4-12(5-7-15)11(18)13-3-1-2-9(8-13)10(16)17/h9,14-15H,1-8H2,(H,16,17). The quantitative estimate of drug-likeness (QED) is 0.600. The molecule has 1 aliphatic heterocycles. The molecule has 3 N–H and O–H groups in total. The van der Waals surface area contributed by atoms with Crippen LogP contribution in [0.2, 0.25) is 0 Å². The smallest absolute Gasteiger partial charge is 0.320 e. The van der Waals surface area contributed by atoms with Crippen LogP contribution in [0.25, 0.3) is 0 Å². The van der Waals surface area contributed by atoms with E-state index in [0.717, 1.165) is 0 Å². The number of aliphatic hydroxyl groups is 2. The van der Waals surface area contributed by atoms with Crippen molar-refractivity contribution in [1.82, 2.24) is 9.80 Å². The first kappa shape index (κ1) is 14.7. The highest BCUT2D eigenvalue weighted by Gasteiger charge is 2.30. The van der Waals surface area contributed by atoms with Crippen LogP contribution in [0.1, 0.15) is 12.8 Å². The van der Waals surface area contributed by atoms with Crippen LogP contribution in [0.3, 0.4) is 0 Å². The van der Waals surface area contributed by atoms with Crippen molar-refractivity contribution in [2.24, 2.45) is 5.92 Å². The fourth-order valence-electron chi connectivity index (χ4n) is 2.10. The molecular weight excluding hydrogens is 240 g/mol. The number of nitrogens with zero attached hydrogens (tertiary/aromatic N) is 2. The minimum atomic E-state index is -0.886. The van der Waals surface area contributed by atoms with Crippen molar-refractivity contribution >= 4 is 12.0 Å². The molecule has 0 spiro atoms. The van der Waals surface area contributed by atoms with E-state index in [1.165, 1.54) is 9.80 Å². The zero-order chi connectivity index (χ0) is 13.5. The molecule has 0 aromatic heterocycles. The summed E-state index contributed by atoms with van der Waals surface area (Å²) in [4.78, 5) is 25.8. The highest BCUT2D eigenvalue weighted by Crippen LogP contribution is 2.17. The van der Waals surface area contributed by atoms with Gasteiger partial charge in [0.15, 0.2) is 0 Å². The van der Waals surface area contributed by atoms with Crippen molar-refractivity contribution in [2.45, 2.75) is 12.8 Å². The number of hydrogen-bond acceptors (Lipinski definition) is 4. The average Bonchev–Trinajstić information content (AvgIpc) is 2.38. The second-order valence-electron chi connectivity index (χ2n) is 4.34. The van der Waals surface area contributed by atoms with Gasteiger partial charge in [-0.05, 0) is 12.8 Å². The van der Waals surface area contributed by atoms with Gasteiger partial charge in [-0.2, -0.15) is 0 Å². The van der Waals surface area contributed by atoms with E-state index in [2.05, 4.69) is 0 Å². The van der Waals surface area contributed by atoms with Crippen LogP contribution < -0.4 is 0 Å².